The summed E-state index contributed by atoms with van der Waals surface area (Å²) in [7, 11) is 2.69. The highest BCUT2D eigenvalue weighted by molar-refractivity contribution is 6.34. The largest absolute Gasteiger partial charge is 0.496 e. The van der Waals surface area contributed by atoms with E-state index in [1.54, 1.807) is 24.3 Å². The van der Waals surface area contributed by atoms with Gasteiger partial charge in [-0.2, -0.15) is 0 Å². The summed E-state index contributed by atoms with van der Waals surface area (Å²) in [5.41, 5.74) is 0.964. The molecule has 6 nitrogen and oxygen atoms in total. The maximum absolute atomic E-state index is 12.5. The van der Waals surface area contributed by atoms with E-state index in [-0.39, 0.29) is 22.2 Å². The number of rotatable bonds is 10. The second-order valence-corrected chi connectivity index (χ2v) is 6.82. The number of halogens is 1. The molecule has 0 heterocycles. The van der Waals surface area contributed by atoms with E-state index in [1.165, 1.54) is 39.2 Å². The number of anilines is 1. The van der Waals surface area contributed by atoms with E-state index in [1.807, 2.05) is 0 Å². The van der Waals surface area contributed by atoms with Gasteiger partial charge in [0.2, 0.25) is 0 Å². The molecule has 156 valence electrons. The van der Waals surface area contributed by atoms with Gasteiger partial charge >= 0.3 is 5.97 Å². The van der Waals surface area contributed by atoms with Gasteiger partial charge in [-0.3, -0.25) is 4.79 Å². The van der Waals surface area contributed by atoms with Crippen LogP contribution in [0.15, 0.2) is 36.4 Å². The van der Waals surface area contributed by atoms with E-state index in [4.69, 9.17) is 25.8 Å². The third-order valence-corrected chi connectivity index (χ3v) is 4.64. The quantitative estimate of drug-likeness (QED) is 0.415. The zero-order valence-electron chi connectivity index (χ0n) is 16.9. The van der Waals surface area contributed by atoms with Gasteiger partial charge < -0.3 is 19.5 Å². The number of nitrogens with one attached hydrogen (secondary N) is 1. The van der Waals surface area contributed by atoms with Gasteiger partial charge in [0, 0.05) is 11.6 Å². The lowest BCUT2D eigenvalue weighted by Gasteiger charge is -2.13. The molecule has 0 atom stereocenters. The monoisotopic (exact) mass is 419 g/mol. The highest BCUT2D eigenvalue weighted by Gasteiger charge is 2.18. The molecule has 2 aromatic carbocycles. The second-order valence-electron chi connectivity index (χ2n) is 6.41. The van der Waals surface area contributed by atoms with Gasteiger partial charge in [-0.25, -0.2) is 4.79 Å². The number of esters is 1. The van der Waals surface area contributed by atoms with Crippen molar-refractivity contribution in [1.29, 1.82) is 0 Å². The van der Waals surface area contributed by atoms with Crippen LogP contribution in [0.2, 0.25) is 5.02 Å². The Kier molecular flexibility index (Phi) is 8.80. The Bertz CT molecular complexity index is 836. The van der Waals surface area contributed by atoms with Gasteiger partial charge in [0.15, 0.2) is 0 Å². The van der Waals surface area contributed by atoms with Crippen molar-refractivity contribution in [2.75, 3.05) is 26.1 Å². The van der Waals surface area contributed by atoms with E-state index in [2.05, 4.69) is 12.2 Å². The highest BCUT2D eigenvalue weighted by atomic mass is 35.5. The zero-order chi connectivity index (χ0) is 21.2. The Morgan fingerprint density at radius 3 is 2.38 bits per heavy atom. The number of benzene rings is 2. The molecular formula is C22H26ClNO5. The molecule has 1 amide bonds. The average molecular weight is 420 g/mol. The molecule has 0 saturated carbocycles. The Morgan fingerprint density at radius 1 is 1.03 bits per heavy atom. The van der Waals surface area contributed by atoms with Gasteiger partial charge in [-0.15, -0.1) is 0 Å². The molecule has 0 saturated heterocycles. The topological polar surface area (TPSA) is 73.9 Å². The first-order valence-electron chi connectivity index (χ1n) is 9.50. The van der Waals surface area contributed by atoms with Crippen LogP contribution in [0.25, 0.3) is 0 Å². The second kappa shape index (κ2) is 11.3. The third kappa shape index (κ3) is 6.39. The first kappa shape index (κ1) is 22.6. The van der Waals surface area contributed by atoms with Crippen LogP contribution in [-0.2, 0) is 4.74 Å². The molecular weight excluding hydrogens is 394 g/mol. The molecule has 1 N–H and O–H groups in total. The van der Waals surface area contributed by atoms with Crippen molar-refractivity contribution >= 4 is 29.2 Å². The third-order valence-electron chi connectivity index (χ3n) is 4.33. The molecule has 29 heavy (non-hydrogen) atoms. The predicted molar refractivity (Wildman–Crippen MR) is 113 cm³/mol. The first-order valence-corrected chi connectivity index (χ1v) is 9.88. The molecule has 0 unspecified atom stereocenters. The number of hydrogen-bond donors (Lipinski definition) is 1. The van der Waals surface area contributed by atoms with Gasteiger partial charge in [0.1, 0.15) is 17.1 Å². The van der Waals surface area contributed by atoms with Crippen molar-refractivity contribution in [3.63, 3.8) is 0 Å². The number of methoxy groups -OCH3 is 2. The van der Waals surface area contributed by atoms with Crippen molar-refractivity contribution in [3.05, 3.63) is 52.5 Å². The number of carbonyl (C=O) groups is 2. The normalized spacial score (nSPS) is 10.3. The van der Waals surface area contributed by atoms with Crippen LogP contribution in [0, 0.1) is 0 Å². The van der Waals surface area contributed by atoms with Crippen LogP contribution in [0.1, 0.15) is 53.3 Å². The molecule has 2 aromatic rings. The summed E-state index contributed by atoms with van der Waals surface area (Å²) in [6.45, 7) is 2.83. The van der Waals surface area contributed by atoms with E-state index < -0.39 is 5.97 Å². The summed E-state index contributed by atoms with van der Waals surface area (Å²) in [6, 6.07) is 9.78. The summed E-state index contributed by atoms with van der Waals surface area (Å²) in [5, 5.41) is 2.93. The van der Waals surface area contributed by atoms with Crippen molar-refractivity contribution in [1.82, 2.24) is 0 Å². The molecule has 0 aliphatic rings. The standard InChI is InChI=1S/C22H26ClNO5/c1-4-5-6-7-12-29-16-10-8-15(9-11-16)21(25)24-19-14-20(27-2)17(13-18(19)23)22(26)28-3/h8-11,13-14H,4-7,12H2,1-3H3,(H,24,25). The highest BCUT2D eigenvalue weighted by Crippen LogP contribution is 2.31. The fraction of sp³-hybridized carbons (Fsp3) is 0.364. The van der Waals surface area contributed by atoms with Crippen molar-refractivity contribution in [3.8, 4) is 11.5 Å². The van der Waals surface area contributed by atoms with Crippen molar-refractivity contribution in [2.24, 2.45) is 0 Å². The molecule has 0 aliphatic heterocycles. The summed E-state index contributed by atoms with van der Waals surface area (Å²) in [5.74, 6) is 0.0599. The summed E-state index contributed by atoms with van der Waals surface area (Å²) in [6.07, 6.45) is 4.55. The van der Waals surface area contributed by atoms with E-state index in [0.717, 1.165) is 18.6 Å². The van der Waals surface area contributed by atoms with Crippen LogP contribution in [0.5, 0.6) is 11.5 Å². The molecule has 7 heteroatoms. The van der Waals surface area contributed by atoms with Crippen LogP contribution in [0.4, 0.5) is 5.69 Å². The molecule has 0 fully saturated rings. The molecule has 0 aliphatic carbocycles. The number of amides is 1. The summed E-state index contributed by atoms with van der Waals surface area (Å²) >= 11 is 6.21. The van der Waals surface area contributed by atoms with Crippen LogP contribution >= 0.6 is 11.6 Å². The van der Waals surface area contributed by atoms with E-state index in [9.17, 15) is 9.59 Å². The molecule has 0 radical (unpaired) electrons. The number of carbonyl (C=O) groups excluding carboxylic acids is 2. The van der Waals surface area contributed by atoms with E-state index in [0.29, 0.717) is 17.9 Å². The number of ether oxygens (including phenoxy) is 3. The van der Waals surface area contributed by atoms with Gasteiger partial charge in [-0.1, -0.05) is 37.8 Å². The van der Waals surface area contributed by atoms with Gasteiger partial charge in [0.05, 0.1) is 31.5 Å². The Labute approximate surface area is 176 Å². The maximum atomic E-state index is 12.5. The number of hydrogen-bond acceptors (Lipinski definition) is 5. The Morgan fingerprint density at radius 2 is 1.76 bits per heavy atom. The fourth-order valence-corrected chi connectivity index (χ4v) is 2.91. The molecule has 0 spiro atoms. The molecule has 2 rings (SSSR count). The zero-order valence-corrected chi connectivity index (χ0v) is 17.7. The minimum Gasteiger partial charge on any atom is -0.496 e. The smallest absolute Gasteiger partial charge is 0.341 e. The average Bonchev–Trinajstić information content (AvgIpc) is 2.74. The lowest BCUT2D eigenvalue weighted by Crippen LogP contribution is -2.13. The van der Waals surface area contributed by atoms with Crippen LogP contribution in [0.3, 0.4) is 0 Å². The summed E-state index contributed by atoms with van der Waals surface area (Å²) < 4.78 is 15.6. The van der Waals surface area contributed by atoms with E-state index >= 15 is 0 Å². The number of unbranched alkanes of at least 4 members (excludes halogenated alkanes) is 3. The van der Waals surface area contributed by atoms with Crippen molar-refractivity contribution in [2.45, 2.75) is 32.6 Å². The molecule has 0 bridgehead atoms. The van der Waals surface area contributed by atoms with Crippen LogP contribution in [-0.4, -0.2) is 32.7 Å². The maximum Gasteiger partial charge on any atom is 0.341 e. The minimum atomic E-state index is -0.577. The Hall–Kier alpha value is -2.73. The summed E-state index contributed by atoms with van der Waals surface area (Å²) in [4.78, 5) is 24.3. The van der Waals surface area contributed by atoms with Crippen LogP contribution < -0.4 is 14.8 Å². The Balaban J connectivity index is 2.03. The predicted octanol–water partition coefficient (Wildman–Crippen LogP) is 5.35. The lowest BCUT2D eigenvalue weighted by molar-refractivity contribution is 0.0597. The minimum absolute atomic E-state index is 0.179. The SMILES string of the molecule is CCCCCCOc1ccc(C(=O)Nc2cc(OC)c(C(=O)OC)cc2Cl)cc1. The van der Waals surface area contributed by atoms with Gasteiger partial charge in [-0.05, 0) is 36.8 Å². The fourth-order valence-electron chi connectivity index (χ4n) is 2.70. The molecule has 0 aromatic heterocycles. The van der Waals surface area contributed by atoms with Crippen molar-refractivity contribution < 1.29 is 23.8 Å². The van der Waals surface area contributed by atoms with Gasteiger partial charge in [0.25, 0.3) is 5.91 Å². The first-order chi connectivity index (χ1) is 14.0. The lowest BCUT2D eigenvalue weighted by atomic mass is 10.1.